The fourth-order valence-corrected chi connectivity index (χ4v) is 1.52. The summed E-state index contributed by atoms with van der Waals surface area (Å²) in [5.41, 5.74) is 2.48. The SMILES string of the molecule is CCCCC(C(=O)O)=C(C)C.CCCCOC(=O)C=C(C)C. The Kier molecular flexibility index (Phi) is 14.8. The Morgan fingerprint density at radius 2 is 1.55 bits per heavy atom. The second-order valence-corrected chi connectivity index (χ2v) is 5.63. The van der Waals surface area contributed by atoms with Crippen LogP contribution in [0.5, 0.6) is 0 Å². The van der Waals surface area contributed by atoms with Crippen molar-refractivity contribution in [1.29, 1.82) is 0 Å². The smallest absolute Gasteiger partial charge is 0.331 e. The molecule has 22 heavy (non-hydrogen) atoms. The number of ether oxygens (including phenoxy) is 1. The number of aliphatic carboxylic acids is 1. The van der Waals surface area contributed by atoms with Crippen LogP contribution in [0.15, 0.2) is 22.8 Å². The van der Waals surface area contributed by atoms with Crippen molar-refractivity contribution >= 4 is 11.9 Å². The molecule has 0 saturated carbocycles. The van der Waals surface area contributed by atoms with Crippen LogP contribution >= 0.6 is 0 Å². The van der Waals surface area contributed by atoms with Gasteiger partial charge in [-0.15, -0.1) is 0 Å². The minimum Gasteiger partial charge on any atom is -0.478 e. The zero-order valence-corrected chi connectivity index (χ0v) is 15.0. The fourth-order valence-electron chi connectivity index (χ4n) is 1.52. The number of hydrogen-bond acceptors (Lipinski definition) is 3. The molecule has 0 aromatic carbocycles. The largest absolute Gasteiger partial charge is 0.478 e. The Bertz CT molecular complexity index is 382. The Balaban J connectivity index is 0. The van der Waals surface area contributed by atoms with Gasteiger partial charge in [-0.1, -0.05) is 37.8 Å². The van der Waals surface area contributed by atoms with Crippen molar-refractivity contribution in [3.8, 4) is 0 Å². The molecular formula is C18H32O4. The molecule has 0 aliphatic carbocycles. The Morgan fingerprint density at radius 3 is 1.91 bits per heavy atom. The molecule has 0 radical (unpaired) electrons. The van der Waals surface area contributed by atoms with Gasteiger partial charge in [0, 0.05) is 11.6 Å². The predicted octanol–water partition coefficient (Wildman–Crippen LogP) is 4.89. The lowest BCUT2D eigenvalue weighted by Gasteiger charge is -2.02. The number of rotatable bonds is 8. The van der Waals surface area contributed by atoms with Crippen molar-refractivity contribution in [2.75, 3.05) is 6.61 Å². The van der Waals surface area contributed by atoms with Gasteiger partial charge in [0.1, 0.15) is 0 Å². The topological polar surface area (TPSA) is 63.6 Å². The van der Waals surface area contributed by atoms with Crippen molar-refractivity contribution in [2.24, 2.45) is 0 Å². The van der Waals surface area contributed by atoms with Gasteiger partial charge in [-0.05, 0) is 47.0 Å². The second kappa shape index (κ2) is 14.4. The zero-order chi connectivity index (χ0) is 17.5. The molecule has 0 aliphatic rings. The van der Waals surface area contributed by atoms with Crippen LogP contribution in [0.25, 0.3) is 0 Å². The van der Waals surface area contributed by atoms with Crippen molar-refractivity contribution in [2.45, 2.75) is 73.6 Å². The van der Waals surface area contributed by atoms with Crippen LogP contribution < -0.4 is 0 Å². The summed E-state index contributed by atoms with van der Waals surface area (Å²) in [7, 11) is 0. The lowest BCUT2D eigenvalue weighted by molar-refractivity contribution is -0.138. The van der Waals surface area contributed by atoms with Gasteiger partial charge >= 0.3 is 11.9 Å². The van der Waals surface area contributed by atoms with Crippen LogP contribution in [-0.2, 0) is 14.3 Å². The average molecular weight is 312 g/mol. The first-order valence-corrected chi connectivity index (χ1v) is 7.97. The van der Waals surface area contributed by atoms with Gasteiger partial charge in [-0.25, -0.2) is 9.59 Å². The second-order valence-electron chi connectivity index (χ2n) is 5.63. The molecule has 4 heteroatoms. The van der Waals surface area contributed by atoms with Crippen molar-refractivity contribution in [1.82, 2.24) is 0 Å². The van der Waals surface area contributed by atoms with Crippen LogP contribution in [0.2, 0.25) is 0 Å². The molecule has 0 aromatic heterocycles. The van der Waals surface area contributed by atoms with Crippen LogP contribution in [0.1, 0.15) is 73.6 Å². The van der Waals surface area contributed by atoms with E-state index in [-0.39, 0.29) is 5.97 Å². The number of hydrogen-bond donors (Lipinski definition) is 1. The summed E-state index contributed by atoms with van der Waals surface area (Å²) in [5.74, 6) is -0.989. The van der Waals surface area contributed by atoms with Crippen molar-refractivity contribution in [3.05, 3.63) is 22.8 Å². The van der Waals surface area contributed by atoms with Crippen molar-refractivity contribution in [3.63, 3.8) is 0 Å². The van der Waals surface area contributed by atoms with Gasteiger partial charge in [0.2, 0.25) is 0 Å². The van der Waals surface area contributed by atoms with E-state index in [1.165, 1.54) is 6.08 Å². The minimum absolute atomic E-state index is 0.224. The molecule has 0 fully saturated rings. The molecule has 128 valence electrons. The predicted molar refractivity (Wildman–Crippen MR) is 90.8 cm³/mol. The molecule has 1 N–H and O–H groups in total. The van der Waals surface area contributed by atoms with Crippen LogP contribution in [0, 0.1) is 0 Å². The third kappa shape index (κ3) is 14.8. The Labute approximate surface area is 135 Å². The van der Waals surface area contributed by atoms with E-state index in [0.717, 1.165) is 36.8 Å². The molecule has 0 bridgehead atoms. The van der Waals surface area contributed by atoms with Crippen LogP contribution in [0.3, 0.4) is 0 Å². The van der Waals surface area contributed by atoms with E-state index in [1.54, 1.807) is 0 Å². The molecule has 0 heterocycles. The van der Waals surface area contributed by atoms with Gasteiger partial charge in [-0.2, -0.15) is 0 Å². The molecule has 0 atom stereocenters. The Hall–Kier alpha value is -1.58. The number of carbonyl (C=O) groups is 2. The summed E-state index contributed by atoms with van der Waals surface area (Å²) in [6.45, 7) is 12.1. The number of allylic oxidation sites excluding steroid dienone is 2. The molecule has 0 aliphatic heterocycles. The first-order chi connectivity index (χ1) is 10.3. The highest BCUT2D eigenvalue weighted by atomic mass is 16.5. The normalized spacial score (nSPS) is 9.18. The average Bonchev–Trinajstić information content (AvgIpc) is 2.38. The molecule has 0 saturated heterocycles. The van der Waals surface area contributed by atoms with Gasteiger partial charge in [0.25, 0.3) is 0 Å². The molecule has 0 amide bonds. The standard InChI is InChI=1S/2C9H16O2/c1-4-5-6-11-9(10)7-8(2)3;1-4-5-6-8(7(2)3)9(10)11/h7H,4-6H2,1-3H3;4-6H2,1-3H3,(H,10,11). The van der Waals surface area contributed by atoms with Gasteiger partial charge in [0.05, 0.1) is 6.61 Å². The maximum atomic E-state index is 10.8. The quantitative estimate of drug-likeness (QED) is 0.393. The molecule has 0 spiro atoms. The summed E-state index contributed by atoms with van der Waals surface area (Å²) in [4.78, 5) is 21.4. The lowest BCUT2D eigenvalue weighted by Crippen LogP contribution is -2.02. The number of esters is 1. The lowest BCUT2D eigenvalue weighted by atomic mass is 10.0. The van der Waals surface area contributed by atoms with E-state index in [1.807, 2.05) is 27.7 Å². The van der Waals surface area contributed by atoms with E-state index >= 15 is 0 Å². The number of unbranched alkanes of at least 4 members (excludes halogenated alkanes) is 2. The summed E-state index contributed by atoms with van der Waals surface area (Å²) >= 11 is 0. The number of carboxylic acid groups (broad SMARTS) is 1. The summed E-state index contributed by atoms with van der Waals surface area (Å²) < 4.78 is 4.88. The number of carboxylic acids is 1. The monoisotopic (exact) mass is 312 g/mol. The highest BCUT2D eigenvalue weighted by Crippen LogP contribution is 2.11. The third-order valence-corrected chi connectivity index (χ3v) is 2.79. The summed E-state index contributed by atoms with van der Waals surface area (Å²) in [5, 5.41) is 8.71. The van der Waals surface area contributed by atoms with E-state index in [9.17, 15) is 9.59 Å². The molecule has 0 unspecified atom stereocenters. The van der Waals surface area contributed by atoms with E-state index in [2.05, 4.69) is 13.8 Å². The molecule has 4 nitrogen and oxygen atoms in total. The summed E-state index contributed by atoms with van der Waals surface area (Å²) in [6, 6.07) is 0. The Morgan fingerprint density at radius 1 is 1.00 bits per heavy atom. The number of carbonyl (C=O) groups excluding carboxylic acids is 1. The maximum Gasteiger partial charge on any atom is 0.331 e. The zero-order valence-electron chi connectivity index (χ0n) is 15.0. The highest BCUT2D eigenvalue weighted by molar-refractivity contribution is 5.87. The third-order valence-electron chi connectivity index (χ3n) is 2.79. The molecule has 0 rings (SSSR count). The summed E-state index contributed by atoms with van der Waals surface area (Å²) in [6.07, 6.45) is 6.23. The first kappa shape index (κ1) is 22.7. The van der Waals surface area contributed by atoms with Crippen LogP contribution in [-0.4, -0.2) is 23.7 Å². The highest BCUT2D eigenvalue weighted by Gasteiger charge is 2.07. The maximum absolute atomic E-state index is 10.8. The van der Waals surface area contributed by atoms with Crippen LogP contribution in [0.4, 0.5) is 0 Å². The fraction of sp³-hybridized carbons (Fsp3) is 0.667. The van der Waals surface area contributed by atoms with E-state index in [0.29, 0.717) is 18.6 Å². The van der Waals surface area contributed by atoms with Gasteiger partial charge in [-0.3, -0.25) is 0 Å². The van der Waals surface area contributed by atoms with Crippen molar-refractivity contribution < 1.29 is 19.4 Å². The van der Waals surface area contributed by atoms with E-state index in [4.69, 9.17) is 9.84 Å². The molecular weight excluding hydrogens is 280 g/mol. The van der Waals surface area contributed by atoms with Gasteiger partial charge < -0.3 is 9.84 Å². The van der Waals surface area contributed by atoms with E-state index < -0.39 is 5.97 Å². The minimum atomic E-state index is -0.765. The van der Waals surface area contributed by atoms with Gasteiger partial charge in [0.15, 0.2) is 0 Å². The first-order valence-electron chi connectivity index (χ1n) is 7.97. The molecule has 0 aromatic rings.